The van der Waals surface area contributed by atoms with E-state index in [1.807, 2.05) is 56.3 Å². The molecule has 1 aliphatic rings. The van der Waals surface area contributed by atoms with E-state index in [-0.39, 0.29) is 24.8 Å². The number of hydrogen-bond donors (Lipinski definition) is 1. The fourth-order valence-corrected chi connectivity index (χ4v) is 3.53. The molecule has 0 unspecified atom stereocenters. The standard InChI is InChI=1S/C24H28N2O5/c1-15-6-5-7-21(16(15)2)26-14-19(12-22(26)27)24(29)31-17(3)23(28)25-13-18-8-10-20(30-4)11-9-18/h5-11,17,19H,12-14H2,1-4H3,(H,25,28)/t17-,19-/m0/s1. The molecule has 0 radical (unpaired) electrons. The first kappa shape index (κ1) is 22.3. The molecule has 2 atom stereocenters. The van der Waals surface area contributed by atoms with Gasteiger partial charge >= 0.3 is 5.97 Å². The Morgan fingerprint density at radius 2 is 1.87 bits per heavy atom. The van der Waals surface area contributed by atoms with E-state index in [1.165, 1.54) is 6.92 Å². The van der Waals surface area contributed by atoms with Crippen molar-refractivity contribution in [1.29, 1.82) is 0 Å². The molecule has 1 fully saturated rings. The van der Waals surface area contributed by atoms with E-state index in [1.54, 1.807) is 12.0 Å². The van der Waals surface area contributed by atoms with Crippen LogP contribution < -0.4 is 15.0 Å². The summed E-state index contributed by atoms with van der Waals surface area (Å²) in [4.78, 5) is 39.1. The van der Waals surface area contributed by atoms with Gasteiger partial charge in [0, 0.05) is 25.2 Å². The normalized spacial score (nSPS) is 16.7. The molecule has 1 heterocycles. The molecule has 1 N–H and O–H groups in total. The molecular formula is C24H28N2O5. The monoisotopic (exact) mass is 424 g/mol. The molecule has 0 aromatic heterocycles. The van der Waals surface area contributed by atoms with Crippen molar-refractivity contribution in [1.82, 2.24) is 5.32 Å². The van der Waals surface area contributed by atoms with Crippen LogP contribution in [0.15, 0.2) is 42.5 Å². The molecular weight excluding hydrogens is 396 g/mol. The molecule has 2 amide bonds. The van der Waals surface area contributed by atoms with E-state index < -0.39 is 18.0 Å². The third kappa shape index (κ3) is 5.23. The van der Waals surface area contributed by atoms with Crippen LogP contribution in [-0.2, 0) is 25.7 Å². The number of carbonyl (C=O) groups excluding carboxylic acids is 3. The van der Waals surface area contributed by atoms with Crippen LogP contribution in [-0.4, -0.2) is 37.5 Å². The van der Waals surface area contributed by atoms with Crippen molar-refractivity contribution < 1.29 is 23.9 Å². The Labute approximate surface area is 182 Å². The zero-order chi connectivity index (χ0) is 22.5. The maximum atomic E-state index is 12.6. The summed E-state index contributed by atoms with van der Waals surface area (Å²) in [7, 11) is 1.59. The number of aryl methyl sites for hydroxylation is 1. The van der Waals surface area contributed by atoms with Crippen LogP contribution in [0.3, 0.4) is 0 Å². The molecule has 3 rings (SSSR count). The number of esters is 1. The van der Waals surface area contributed by atoms with E-state index in [4.69, 9.17) is 9.47 Å². The zero-order valence-electron chi connectivity index (χ0n) is 18.3. The number of anilines is 1. The number of hydrogen-bond acceptors (Lipinski definition) is 5. The molecule has 2 aromatic carbocycles. The van der Waals surface area contributed by atoms with Gasteiger partial charge < -0.3 is 19.7 Å². The lowest BCUT2D eigenvalue weighted by Crippen LogP contribution is -2.37. The first-order valence-electron chi connectivity index (χ1n) is 10.3. The Hall–Kier alpha value is -3.35. The van der Waals surface area contributed by atoms with E-state index in [0.29, 0.717) is 6.54 Å². The van der Waals surface area contributed by atoms with Gasteiger partial charge in [-0.2, -0.15) is 0 Å². The minimum atomic E-state index is -0.949. The van der Waals surface area contributed by atoms with Crippen molar-refractivity contribution in [3.05, 3.63) is 59.2 Å². The first-order valence-corrected chi connectivity index (χ1v) is 10.3. The molecule has 0 aliphatic carbocycles. The maximum absolute atomic E-state index is 12.6. The highest BCUT2D eigenvalue weighted by Gasteiger charge is 2.37. The molecule has 0 bridgehead atoms. The minimum absolute atomic E-state index is 0.0758. The quantitative estimate of drug-likeness (QED) is 0.691. The van der Waals surface area contributed by atoms with Gasteiger partial charge in [-0.15, -0.1) is 0 Å². The Balaban J connectivity index is 1.53. The van der Waals surface area contributed by atoms with Crippen LogP contribution in [0, 0.1) is 19.8 Å². The number of nitrogens with zero attached hydrogens (tertiary/aromatic N) is 1. The van der Waals surface area contributed by atoms with Crippen molar-refractivity contribution in [3.8, 4) is 5.75 Å². The predicted molar refractivity (Wildman–Crippen MR) is 117 cm³/mol. The second-order valence-electron chi connectivity index (χ2n) is 7.77. The summed E-state index contributed by atoms with van der Waals surface area (Å²) < 4.78 is 10.5. The number of amides is 2. The number of ether oxygens (including phenoxy) is 2. The average molecular weight is 424 g/mol. The van der Waals surface area contributed by atoms with Crippen molar-refractivity contribution >= 4 is 23.5 Å². The van der Waals surface area contributed by atoms with Crippen molar-refractivity contribution in [3.63, 3.8) is 0 Å². The molecule has 2 aromatic rings. The predicted octanol–water partition coefficient (Wildman–Crippen LogP) is 2.91. The highest BCUT2D eigenvalue weighted by Crippen LogP contribution is 2.30. The number of nitrogens with one attached hydrogen (secondary N) is 1. The summed E-state index contributed by atoms with van der Waals surface area (Å²) in [5.74, 6) is -0.900. The van der Waals surface area contributed by atoms with Gasteiger partial charge in [0.1, 0.15) is 5.75 Å². The Morgan fingerprint density at radius 1 is 1.16 bits per heavy atom. The summed E-state index contributed by atoms with van der Waals surface area (Å²) in [6, 6.07) is 13.1. The van der Waals surface area contributed by atoms with Gasteiger partial charge in [-0.25, -0.2) is 0 Å². The van der Waals surface area contributed by atoms with E-state index in [9.17, 15) is 14.4 Å². The van der Waals surface area contributed by atoms with Gasteiger partial charge in [-0.05, 0) is 55.7 Å². The maximum Gasteiger partial charge on any atom is 0.312 e. The lowest BCUT2D eigenvalue weighted by molar-refractivity contribution is -0.158. The molecule has 164 valence electrons. The van der Waals surface area contributed by atoms with E-state index in [2.05, 4.69) is 5.32 Å². The zero-order valence-corrected chi connectivity index (χ0v) is 18.3. The molecule has 7 heteroatoms. The van der Waals surface area contributed by atoms with Crippen LogP contribution >= 0.6 is 0 Å². The molecule has 7 nitrogen and oxygen atoms in total. The van der Waals surface area contributed by atoms with E-state index >= 15 is 0 Å². The Morgan fingerprint density at radius 3 is 2.55 bits per heavy atom. The van der Waals surface area contributed by atoms with Crippen molar-refractivity contribution in [2.75, 3.05) is 18.6 Å². The van der Waals surface area contributed by atoms with Crippen LogP contribution in [0.1, 0.15) is 30.0 Å². The van der Waals surface area contributed by atoms with Crippen LogP contribution in [0.5, 0.6) is 5.75 Å². The summed E-state index contributed by atoms with van der Waals surface area (Å²) in [6.45, 7) is 6.03. The number of rotatable bonds is 7. The van der Waals surface area contributed by atoms with Gasteiger partial charge in [-0.3, -0.25) is 14.4 Å². The fourth-order valence-electron chi connectivity index (χ4n) is 3.53. The summed E-state index contributed by atoms with van der Waals surface area (Å²) in [5.41, 5.74) is 3.80. The van der Waals surface area contributed by atoms with Crippen molar-refractivity contribution in [2.45, 2.75) is 39.8 Å². The summed E-state index contributed by atoms with van der Waals surface area (Å²) in [6.07, 6.45) is -0.873. The highest BCUT2D eigenvalue weighted by molar-refractivity contribution is 6.00. The molecule has 0 spiro atoms. The first-order chi connectivity index (χ1) is 14.8. The molecule has 31 heavy (non-hydrogen) atoms. The van der Waals surface area contributed by atoms with Gasteiger partial charge in [-0.1, -0.05) is 24.3 Å². The lowest BCUT2D eigenvalue weighted by atomic mass is 10.1. The Kier molecular flexibility index (Phi) is 6.95. The van der Waals surface area contributed by atoms with E-state index in [0.717, 1.165) is 28.1 Å². The number of methoxy groups -OCH3 is 1. The molecule has 1 aliphatic heterocycles. The van der Waals surface area contributed by atoms with Crippen LogP contribution in [0.2, 0.25) is 0 Å². The van der Waals surface area contributed by atoms with Gasteiger partial charge in [0.15, 0.2) is 6.10 Å². The van der Waals surface area contributed by atoms with Gasteiger partial charge in [0.25, 0.3) is 5.91 Å². The summed E-state index contributed by atoms with van der Waals surface area (Å²) >= 11 is 0. The number of carbonyl (C=O) groups is 3. The smallest absolute Gasteiger partial charge is 0.312 e. The average Bonchev–Trinajstić information content (AvgIpc) is 3.15. The molecule has 1 saturated heterocycles. The third-order valence-corrected chi connectivity index (χ3v) is 5.61. The van der Waals surface area contributed by atoms with Gasteiger partial charge in [0.2, 0.25) is 5.91 Å². The molecule has 0 saturated carbocycles. The van der Waals surface area contributed by atoms with Crippen LogP contribution in [0.25, 0.3) is 0 Å². The largest absolute Gasteiger partial charge is 0.497 e. The Bertz CT molecular complexity index is 970. The second kappa shape index (κ2) is 9.64. The third-order valence-electron chi connectivity index (χ3n) is 5.61. The SMILES string of the molecule is COc1ccc(CNC(=O)[C@H](C)OC(=O)[C@H]2CC(=O)N(c3cccc(C)c3C)C2)cc1. The topological polar surface area (TPSA) is 84.9 Å². The number of benzene rings is 2. The van der Waals surface area contributed by atoms with Crippen molar-refractivity contribution in [2.24, 2.45) is 5.92 Å². The minimum Gasteiger partial charge on any atom is -0.497 e. The summed E-state index contributed by atoms with van der Waals surface area (Å²) in [5, 5.41) is 2.75. The lowest BCUT2D eigenvalue weighted by Gasteiger charge is -2.20. The van der Waals surface area contributed by atoms with Gasteiger partial charge in [0.05, 0.1) is 13.0 Å². The fraction of sp³-hybridized carbons (Fsp3) is 0.375. The van der Waals surface area contributed by atoms with Crippen LogP contribution in [0.4, 0.5) is 5.69 Å². The highest BCUT2D eigenvalue weighted by atomic mass is 16.5. The second-order valence-corrected chi connectivity index (χ2v) is 7.77.